The zero-order valence-electron chi connectivity index (χ0n) is 14.3. The van der Waals surface area contributed by atoms with Crippen molar-refractivity contribution in [3.05, 3.63) is 65.2 Å². The largest absolute Gasteiger partial charge is 0.480 e. The first-order valence-corrected chi connectivity index (χ1v) is 8.25. The number of nitrogens with zero attached hydrogens (tertiary/aromatic N) is 2. The van der Waals surface area contributed by atoms with E-state index in [9.17, 15) is 19.5 Å². The topological polar surface area (TPSA) is 104 Å². The maximum absolute atomic E-state index is 12.7. The van der Waals surface area contributed by atoms with E-state index >= 15 is 0 Å². The molecule has 0 aromatic heterocycles. The molecule has 3 N–H and O–H groups in total. The zero-order chi connectivity index (χ0) is 18.8. The minimum atomic E-state index is -1.11. The van der Waals surface area contributed by atoms with E-state index in [0.29, 0.717) is 5.69 Å². The van der Waals surface area contributed by atoms with Crippen LogP contribution < -0.4 is 5.73 Å². The monoisotopic (exact) mass is 353 g/mol. The summed E-state index contributed by atoms with van der Waals surface area (Å²) in [5.41, 5.74) is 7.56. The first kappa shape index (κ1) is 17.6. The molecule has 1 heterocycles. The van der Waals surface area contributed by atoms with Crippen molar-refractivity contribution in [3.63, 3.8) is 0 Å². The fourth-order valence-electron chi connectivity index (χ4n) is 3.11. The van der Waals surface area contributed by atoms with Crippen LogP contribution in [0.25, 0.3) is 0 Å². The van der Waals surface area contributed by atoms with Gasteiger partial charge < -0.3 is 10.8 Å². The van der Waals surface area contributed by atoms with E-state index < -0.39 is 23.8 Å². The number of hydrogen-bond donors (Lipinski definition) is 2. The van der Waals surface area contributed by atoms with Crippen molar-refractivity contribution in [2.75, 3.05) is 12.3 Å². The Bertz CT molecular complexity index is 828. The Labute approximate surface area is 150 Å². The molecule has 2 amide bonds. The molecule has 134 valence electrons. The van der Waals surface area contributed by atoms with Crippen molar-refractivity contribution in [2.45, 2.75) is 19.4 Å². The minimum absolute atomic E-state index is 0.136. The number of fused-ring (bicyclic) bond motifs is 1. The van der Waals surface area contributed by atoms with Gasteiger partial charge in [-0.05, 0) is 29.8 Å². The highest BCUT2D eigenvalue weighted by molar-refractivity contribution is 6.21. The highest BCUT2D eigenvalue weighted by Gasteiger charge is 2.42. The van der Waals surface area contributed by atoms with E-state index in [1.54, 1.807) is 55.5 Å². The van der Waals surface area contributed by atoms with E-state index in [2.05, 4.69) is 0 Å². The number of anilines is 1. The Morgan fingerprint density at radius 2 is 1.62 bits per heavy atom. The summed E-state index contributed by atoms with van der Waals surface area (Å²) in [7, 11) is 0. The molecule has 1 aliphatic heterocycles. The Balaban J connectivity index is 1.93. The normalized spacial score (nSPS) is 14.6. The second-order valence-electron chi connectivity index (χ2n) is 6.02. The maximum atomic E-state index is 12.7. The summed E-state index contributed by atoms with van der Waals surface area (Å²) in [6, 6.07) is 12.3. The van der Waals surface area contributed by atoms with Gasteiger partial charge in [0.2, 0.25) is 0 Å². The molecule has 1 unspecified atom stereocenters. The average molecular weight is 353 g/mol. The lowest BCUT2D eigenvalue weighted by Crippen LogP contribution is -2.55. The summed E-state index contributed by atoms with van der Waals surface area (Å²) >= 11 is 0. The molecule has 0 aliphatic carbocycles. The molecule has 0 spiro atoms. The van der Waals surface area contributed by atoms with Crippen molar-refractivity contribution in [1.82, 2.24) is 10.0 Å². The van der Waals surface area contributed by atoms with E-state index in [1.807, 2.05) is 0 Å². The van der Waals surface area contributed by atoms with Gasteiger partial charge in [-0.1, -0.05) is 31.2 Å². The number of hydrazine groups is 1. The van der Waals surface area contributed by atoms with E-state index in [4.69, 9.17) is 5.73 Å². The summed E-state index contributed by atoms with van der Waals surface area (Å²) in [5, 5.41) is 12.0. The van der Waals surface area contributed by atoms with Gasteiger partial charge in [0.05, 0.1) is 11.1 Å². The molecule has 0 saturated heterocycles. The molecular weight excluding hydrogens is 334 g/mol. The van der Waals surface area contributed by atoms with Crippen molar-refractivity contribution >= 4 is 23.5 Å². The van der Waals surface area contributed by atoms with Crippen LogP contribution in [0.15, 0.2) is 48.5 Å². The summed E-state index contributed by atoms with van der Waals surface area (Å²) < 4.78 is 0. The van der Waals surface area contributed by atoms with Gasteiger partial charge in [-0.15, -0.1) is 0 Å². The quantitative estimate of drug-likeness (QED) is 0.606. The van der Waals surface area contributed by atoms with E-state index in [0.717, 1.165) is 10.6 Å². The minimum Gasteiger partial charge on any atom is -0.480 e. The zero-order valence-corrected chi connectivity index (χ0v) is 14.3. The van der Waals surface area contributed by atoms with Crippen molar-refractivity contribution in [2.24, 2.45) is 0 Å². The number of likely N-dealkylation sites (N-methyl/N-ethyl adjacent to an activating group) is 1. The molecule has 0 bridgehead atoms. The van der Waals surface area contributed by atoms with Crippen molar-refractivity contribution in [3.8, 4) is 0 Å². The number of carboxylic acids is 1. The van der Waals surface area contributed by atoms with Crippen molar-refractivity contribution < 1.29 is 19.5 Å². The van der Waals surface area contributed by atoms with Gasteiger partial charge >= 0.3 is 5.97 Å². The number of amides is 2. The molecule has 1 aliphatic rings. The first-order valence-electron chi connectivity index (χ1n) is 8.25. The molecule has 0 saturated carbocycles. The highest BCUT2D eigenvalue weighted by atomic mass is 16.4. The number of carbonyl (C=O) groups is 3. The van der Waals surface area contributed by atoms with Gasteiger partial charge in [-0.2, -0.15) is 5.01 Å². The Hall–Kier alpha value is -3.19. The molecule has 26 heavy (non-hydrogen) atoms. The van der Waals surface area contributed by atoms with Gasteiger partial charge in [0.25, 0.3) is 11.8 Å². The molecule has 0 radical (unpaired) electrons. The Morgan fingerprint density at radius 1 is 1.08 bits per heavy atom. The number of hydrogen-bond acceptors (Lipinski definition) is 5. The number of nitrogens with two attached hydrogens (primary N) is 1. The fraction of sp³-hybridized carbons (Fsp3) is 0.211. The van der Waals surface area contributed by atoms with Crippen LogP contribution in [0.3, 0.4) is 0 Å². The Kier molecular flexibility index (Phi) is 4.73. The molecule has 0 fully saturated rings. The molecule has 3 rings (SSSR count). The molecular formula is C19H19N3O4. The van der Waals surface area contributed by atoms with Crippen LogP contribution in [0.5, 0.6) is 0 Å². The lowest BCUT2D eigenvalue weighted by molar-refractivity contribution is -0.147. The van der Waals surface area contributed by atoms with Crippen LogP contribution in [-0.4, -0.2) is 45.5 Å². The highest BCUT2D eigenvalue weighted by Crippen LogP contribution is 2.26. The standard InChI is InChI=1S/C19H19N3O4/c1-2-21(16(19(25)26)11-12-7-9-13(20)10-8-12)22-17(23)14-5-3-4-6-15(14)18(22)24/h3-10,16H,2,11,20H2,1H3,(H,25,26). The summed E-state index contributed by atoms with van der Waals surface area (Å²) in [4.78, 5) is 37.3. The van der Waals surface area contributed by atoms with E-state index in [1.165, 1.54) is 5.01 Å². The Morgan fingerprint density at radius 3 is 2.08 bits per heavy atom. The van der Waals surface area contributed by atoms with Crippen molar-refractivity contribution in [1.29, 1.82) is 0 Å². The number of aliphatic carboxylic acids is 1. The lowest BCUT2D eigenvalue weighted by Gasteiger charge is -2.33. The van der Waals surface area contributed by atoms with Crippen LogP contribution >= 0.6 is 0 Å². The van der Waals surface area contributed by atoms with Crippen LogP contribution in [0.2, 0.25) is 0 Å². The molecule has 2 aromatic rings. The van der Waals surface area contributed by atoms with Gasteiger partial charge in [0, 0.05) is 18.7 Å². The predicted octanol–water partition coefficient (Wildman–Crippen LogP) is 1.80. The van der Waals surface area contributed by atoms with Crippen LogP contribution in [-0.2, 0) is 11.2 Å². The van der Waals surface area contributed by atoms with Gasteiger partial charge in [-0.3, -0.25) is 14.4 Å². The lowest BCUT2D eigenvalue weighted by atomic mass is 10.1. The summed E-state index contributed by atoms with van der Waals surface area (Å²) in [5.74, 6) is -2.12. The van der Waals surface area contributed by atoms with Gasteiger partial charge in [0.1, 0.15) is 6.04 Å². The van der Waals surface area contributed by atoms with Gasteiger partial charge in [0.15, 0.2) is 0 Å². The third kappa shape index (κ3) is 3.04. The summed E-state index contributed by atoms with van der Waals surface area (Å²) in [6.07, 6.45) is 0.136. The number of carbonyl (C=O) groups excluding carboxylic acids is 2. The third-order valence-electron chi connectivity index (χ3n) is 4.41. The second-order valence-corrected chi connectivity index (χ2v) is 6.02. The average Bonchev–Trinajstić information content (AvgIpc) is 2.88. The van der Waals surface area contributed by atoms with Gasteiger partial charge in [-0.25, -0.2) is 5.01 Å². The van der Waals surface area contributed by atoms with Crippen LogP contribution in [0.1, 0.15) is 33.2 Å². The third-order valence-corrected chi connectivity index (χ3v) is 4.41. The predicted molar refractivity (Wildman–Crippen MR) is 95.3 cm³/mol. The fourth-order valence-corrected chi connectivity index (χ4v) is 3.11. The number of imide groups is 1. The maximum Gasteiger partial charge on any atom is 0.323 e. The van der Waals surface area contributed by atoms with Crippen LogP contribution in [0, 0.1) is 0 Å². The van der Waals surface area contributed by atoms with E-state index in [-0.39, 0.29) is 24.1 Å². The number of rotatable bonds is 6. The number of benzene rings is 2. The molecule has 7 nitrogen and oxygen atoms in total. The molecule has 2 aromatic carbocycles. The second kappa shape index (κ2) is 6.97. The van der Waals surface area contributed by atoms with Crippen LogP contribution in [0.4, 0.5) is 5.69 Å². The smallest absolute Gasteiger partial charge is 0.323 e. The molecule has 7 heteroatoms. The SMILES string of the molecule is CCN(C(Cc1ccc(N)cc1)C(=O)O)N1C(=O)c2ccccc2C1=O. The summed E-state index contributed by atoms with van der Waals surface area (Å²) in [6.45, 7) is 1.90. The first-order chi connectivity index (χ1) is 12.4. The number of carboxylic acid groups (broad SMARTS) is 1. The number of nitrogen functional groups attached to an aromatic ring is 1. The molecule has 1 atom stereocenters.